The Morgan fingerprint density at radius 3 is 2.58 bits per heavy atom. The molecule has 1 saturated carbocycles. The Hall–Kier alpha value is -4.22. The molecule has 0 spiro atoms. The van der Waals surface area contributed by atoms with Crippen molar-refractivity contribution in [3.8, 4) is 0 Å². The Kier molecular flexibility index (Phi) is 6.41. The molecule has 8 nitrogen and oxygen atoms in total. The van der Waals surface area contributed by atoms with Crippen molar-refractivity contribution in [1.29, 1.82) is 5.41 Å². The van der Waals surface area contributed by atoms with Crippen LogP contribution in [-0.4, -0.2) is 27.1 Å². The maximum Gasteiger partial charge on any atom is 0.454 e. The van der Waals surface area contributed by atoms with Gasteiger partial charge in [0.05, 0.1) is 17.6 Å². The molecular formula is C26H24F4N6O2. The number of aromatic nitrogens is 2. The number of benzene rings is 2. The van der Waals surface area contributed by atoms with Gasteiger partial charge in [-0.05, 0) is 49.1 Å². The van der Waals surface area contributed by atoms with Gasteiger partial charge in [-0.1, -0.05) is 24.3 Å². The zero-order valence-electron chi connectivity index (χ0n) is 20.3. The first-order valence-corrected chi connectivity index (χ1v) is 12.0. The molecule has 2 heterocycles. The highest BCUT2D eigenvalue weighted by atomic mass is 19.4. The smallest absolute Gasteiger partial charge is 0.367 e. The minimum atomic E-state index is -5.19. The van der Waals surface area contributed by atoms with Gasteiger partial charge in [0.15, 0.2) is 0 Å². The second kappa shape index (κ2) is 9.58. The summed E-state index contributed by atoms with van der Waals surface area (Å²) >= 11 is 0. The molecule has 2 atom stereocenters. The van der Waals surface area contributed by atoms with E-state index < -0.39 is 28.9 Å². The molecule has 0 unspecified atom stereocenters. The van der Waals surface area contributed by atoms with Crippen molar-refractivity contribution in [1.82, 2.24) is 14.5 Å². The van der Waals surface area contributed by atoms with E-state index in [1.165, 1.54) is 10.6 Å². The number of halogens is 4. The van der Waals surface area contributed by atoms with Gasteiger partial charge in [-0.2, -0.15) is 13.2 Å². The highest BCUT2D eigenvalue weighted by Gasteiger charge is 2.40. The van der Waals surface area contributed by atoms with Crippen molar-refractivity contribution in [3.63, 3.8) is 0 Å². The average Bonchev–Trinajstić information content (AvgIpc) is 3.47. The third-order valence-electron chi connectivity index (χ3n) is 6.87. The first kappa shape index (κ1) is 25.4. The largest absolute Gasteiger partial charge is 0.454 e. The summed E-state index contributed by atoms with van der Waals surface area (Å²) in [5, 5.41) is 15.1. The number of fused-ring (bicyclic) bond motifs is 3. The van der Waals surface area contributed by atoms with Gasteiger partial charge in [0.1, 0.15) is 22.3 Å². The van der Waals surface area contributed by atoms with Crippen LogP contribution in [-0.2, 0) is 13.6 Å². The van der Waals surface area contributed by atoms with Gasteiger partial charge in [-0.3, -0.25) is 24.1 Å². The van der Waals surface area contributed by atoms with Crippen LogP contribution in [0, 0.1) is 11.2 Å². The Morgan fingerprint density at radius 2 is 1.89 bits per heavy atom. The zero-order valence-corrected chi connectivity index (χ0v) is 20.3. The molecule has 5 rings (SSSR count). The van der Waals surface area contributed by atoms with Gasteiger partial charge in [-0.15, -0.1) is 0 Å². The molecule has 1 aliphatic carbocycles. The number of nitrogens with zero attached hydrogens (tertiary/aromatic N) is 3. The van der Waals surface area contributed by atoms with Gasteiger partial charge in [0.2, 0.25) is 5.62 Å². The molecule has 2 aromatic carbocycles. The highest BCUT2D eigenvalue weighted by molar-refractivity contribution is 6.00. The van der Waals surface area contributed by atoms with Crippen LogP contribution in [0.15, 0.2) is 58.3 Å². The summed E-state index contributed by atoms with van der Waals surface area (Å²) in [5.41, 5.74) is -0.276. The first-order chi connectivity index (χ1) is 18.1. The number of anilines is 1. The Bertz CT molecular complexity index is 1660. The molecule has 0 radical (unpaired) electrons. The normalized spacial score (nSPS) is 18.9. The quantitative estimate of drug-likeness (QED) is 0.337. The van der Waals surface area contributed by atoms with Gasteiger partial charge < -0.3 is 10.6 Å². The van der Waals surface area contributed by atoms with E-state index in [-0.39, 0.29) is 40.7 Å². The fourth-order valence-electron chi connectivity index (χ4n) is 5.01. The fraction of sp³-hybridized carbons (Fsp3) is 0.308. The van der Waals surface area contributed by atoms with Crippen LogP contribution in [0.4, 0.5) is 23.2 Å². The fourth-order valence-corrected chi connectivity index (χ4v) is 5.01. The lowest BCUT2D eigenvalue weighted by Gasteiger charge is -2.17. The summed E-state index contributed by atoms with van der Waals surface area (Å²) < 4.78 is 55.8. The Morgan fingerprint density at radius 1 is 1.16 bits per heavy atom. The molecule has 2 aliphatic rings. The standard InChI is InChI=1S/C26H24F4N6O2/c1-35-24(38)20(22(31)36-19-9-5-8-18(19)34-25(35)36)23(33-15-6-3-2-4-7-15)32-13-14-10-11-16(17(27)12-14)21(37)26(28,29)30/h2-4,6-7,10-12,18-19,31-33H,5,8-9,13H2,1H3/b23-20-,31-22?/t18-,19+/m1/s1. The van der Waals surface area contributed by atoms with Gasteiger partial charge >= 0.3 is 6.18 Å². The number of carbonyl (C=O) groups excluding carboxylic acids is 1. The number of nitrogens with one attached hydrogen (secondary N) is 3. The molecule has 1 fully saturated rings. The van der Waals surface area contributed by atoms with Gasteiger partial charge in [-0.25, -0.2) is 9.38 Å². The van der Waals surface area contributed by atoms with Crippen molar-refractivity contribution in [2.75, 3.05) is 5.32 Å². The molecule has 3 N–H and O–H groups in total. The lowest BCUT2D eigenvalue weighted by molar-refractivity contribution is -0.0887. The monoisotopic (exact) mass is 528 g/mol. The SMILES string of the molecule is Cn1c(=O)/c(=C(/NCc2ccc(C(=O)C(F)(F)F)c(F)c2)Nc2ccccc2)c(=N)n2c1=N[C@@H]1CCC[C@@H]12. The van der Waals surface area contributed by atoms with E-state index >= 15 is 0 Å². The molecule has 198 valence electrons. The molecule has 38 heavy (non-hydrogen) atoms. The van der Waals surface area contributed by atoms with Crippen LogP contribution >= 0.6 is 0 Å². The lowest BCUT2D eigenvalue weighted by Crippen LogP contribution is -2.59. The maximum absolute atomic E-state index is 14.4. The predicted molar refractivity (Wildman–Crippen MR) is 130 cm³/mol. The molecule has 0 amide bonds. The Balaban J connectivity index is 1.58. The van der Waals surface area contributed by atoms with Crippen LogP contribution < -0.4 is 32.5 Å². The van der Waals surface area contributed by atoms with E-state index in [1.807, 2.05) is 6.07 Å². The minimum absolute atomic E-state index is 0.0133. The van der Waals surface area contributed by atoms with E-state index in [2.05, 4.69) is 15.6 Å². The number of Topliss-reactive ketones (excluding diaryl/α,β-unsaturated/α-hetero) is 1. The highest BCUT2D eigenvalue weighted by Crippen LogP contribution is 2.32. The number of para-hydroxylation sites is 1. The second-order valence-corrected chi connectivity index (χ2v) is 9.31. The molecular weight excluding hydrogens is 504 g/mol. The Labute approximate surface area is 213 Å². The summed E-state index contributed by atoms with van der Waals surface area (Å²) in [6, 6.07) is 11.7. The average molecular weight is 529 g/mol. The number of ketones is 1. The van der Waals surface area contributed by atoms with Crippen LogP contribution in [0.2, 0.25) is 0 Å². The minimum Gasteiger partial charge on any atom is -0.367 e. The van der Waals surface area contributed by atoms with Crippen molar-refractivity contribution in [3.05, 3.63) is 92.2 Å². The van der Waals surface area contributed by atoms with Gasteiger partial charge in [0.25, 0.3) is 11.3 Å². The van der Waals surface area contributed by atoms with Gasteiger partial charge in [0, 0.05) is 19.3 Å². The molecule has 1 aromatic heterocycles. The first-order valence-electron chi connectivity index (χ1n) is 12.0. The third-order valence-corrected chi connectivity index (χ3v) is 6.87. The summed E-state index contributed by atoms with van der Waals surface area (Å²) in [4.78, 5) is 29.6. The maximum atomic E-state index is 14.4. The topological polar surface area (TPSA) is 104 Å². The summed E-state index contributed by atoms with van der Waals surface area (Å²) in [6.07, 6.45) is -2.50. The van der Waals surface area contributed by atoms with Crippen LogP contribution in [0.5, 0.6) is 0 Å². The van der Waals surface area contributed by atoms with E-state index in [0.717, 1.165) is 31.4 Å². The number of rotatable bonds is 6. The summed E-state index contributed by atoms with van der Waals surface area (Å²) in [6.45, 7) is -0.104. The molecule has 1 aliphatic heterocycles. The van der Waals surface area contributed by atoms with E-state index in [0.29, 0.717) is 11.3 Å². The van der Waals surface area contributed by atoms with Crippen LogP contribution in [0.3, 0.4) is 0 Å². The second-order valence-electron chi connectivity index (χ2n) is 9.31. The number of alkyl halides is 3. The zero-order chi connectivity index (χ0) is 27.2. The van der Waals surface area contributed by atoms with E-state index in [1.54, 1.807) is 35.9 Å². The summed E-state index contributed by atoms with van der Waals surface area (Å²) in [5.74, 6) is -3.39. The third kappa shape index (κ3) is 4.50. The van der Waals surface area contributed by atoms with Crippen molar-refractivity contribution < 1.29 is 22.4 Å². The van der Waals surface area contributed by atoms with Crippen LogP contribution in [0.1, 0.15) is 41.2 Å². The number of carbonyl (C=O) groups is 1. The van der Waals surface area contributed by atoms with Crippen molar-refractivity contribution >= 4 is 17.3 Å². The molecule has 0 bridgehead atoms. The van der Waals surface area contributed by atoms with E-state index in [4.69, 9.17) is 5.41 Å². The van der Waals surface area contributed by atoms with Crippen molar-refractivity contribution in [2.45, 2.75) is 44.1 Å². The van der Waals surface area contributed by atoms with E-state index in [9.17, 15) is 27.2 Å². The molecule has 3 aromatic rings. The lowest BCUT2D eigenvalue weighted by atomic mass is 10.1. The predicted octanol–water partition coefficient (Wildman–Crippen LogP) is 2.24. The number of hydrogen-bond donors (Lipinski definition) is 3. The molecule has 12 heteroatoms. The van der Waals surface area contributed by atoms with Crippen molar-refractivity contribution in [2.24, 2.45) is 12.0 Å². The summed E-state index contributed by atoms with van der Waals surface area (Å²) in [7, 11) is 1.59. The van der Waals surface area contributed by atoms with Crippen LogP contribution in [0.25, 0.3) is 5.82 Å². The number of hydrogen-bond acceptors (Lipinski definition) is 6. The molecule has 0 saturated heterocycles.